The van der Waals surface area contributed by atoms with Crippen molar-refractivity contribution in [3.8, 4) is 22.2 Å². The summed E-state index contributed by atoms with van der Waals surface area (Å²) in [4.78, 5) is 20.5. The minimum atomic E-state index is -0.120. The van der Waals surface area contributed by atoms with Crippen molar-refractivity contribution in [3.05, 3.63) is 41.6 Å². The van der Waals surface area contributed by atoms with Gasteiger partial charge in [0.15, 0.2) is 0 Å². The Morgan fingerprint density at radius 3 is 3.00 bits per heavy atom. The van der Waals surface area contributed by atoms with E-state index >= 15 is 0 Å². The summed E-state index contributed by atoms with van der Waals surface area (Å²) in [7, 11) is 3.16. The summed E-state index contributed by atoms with van der Waals surface area (Å²) in [6.07, 6.45) is 1.77. The SMILES string of the molecule is COc1ccc(NC(=O)C2CCCN(Cc3nc(-c4cccs4)no3)C2)c(OC)c1. The van der Waals surface area contributed by atoms with Gasteiger partial charge < -0.3 is 19.3 Å². The Labute approximate surface area is 178 Å². The number of methoxy groups -OCH3 is 2. The highest BCUT2D eigenvalue weighted by atomic mass is 32.1. The highest BCUT2D eigenvalue weighted by molar-refractivity contribution is 7.13. The molecular formula is C21H24N4O4S. The first-order valence-electron chi connectivity index (χ1n) is 9.78. The average molecular weight is 429 g/mol. The number of thiophene rings is 1. The molecule has 8 nitrogen and oxygen atoms in total. The van der Waals surface area contributed by atoms with Gasteiger partial charge in [0.1, 0.15) is 11.5 Å². The van der Waals surface area contributed by atoms with Gasteiger partial charge in [0.2, 0.25) is 17.6 Å². The van der Waals surface area contributed by atoms with Crippen molar-refractivity contribution in [1.29, 1.82) is 0 Å². The second-order valence-electron chi connectivity index (χ2n) is 7.12. The monoisotopic (exact) mass is 428 g/mol. The molecule has 1 N–H and O–H groups in total. The number of amides is 1. The van der Waals surface area contributed by atoms with Crippen molar-refractivity contribution >= 4 is 22.9 Å². The number of benzene rings is 1. The number of nitrogens with zero attached hydrogens (tertiary/aromatic N) is 3. The second kappa shape index (κ2) is 9.27. The van der Waals surface area contributed by atoms with E-state index in [1.165, 1.54) is 0 Å². The number of rotatable bonds is 7. The van der Waals surface area contributed by atoms with Crippen molar-refractivity contribution in [2.24, 2.45) is 5.92 Å². The summed E-state index contributed by atoms with van der Waals surface area (Å²) in [5, 5.41) is 9.04. The average Bonchev–Trinajstić information content (AvgIpc) is 3.46. The summed E-state index contributed by atoms with van der Waals surface area (Å²) in [5.41, 5.74) is 0.637. The quantitative estimate of drug-likeness (QED) is 0.614. The molecule has 0 spiro atoms. The fraction of sp³-hybridized carbons (Fsp3) is 0.381. The van der Waals surface area contributed by atoms with Crippen LogP contribution < -0.4 is 14.8 Å². The van der Waals surface area contributed by atoms with Crippen molar-refractivity contribution in [2.45, 2.75) is 19.4 Å². The smallest absolute Gasteiger partial charge is 0.241 e. The fourth-order valence-electron chi connectivity index (χ4n) is 3.57. The molecule has 0 bridgehead atoms. The molecule has 0 saturated carbocycles. The molecule has 30 heavy (non-hydrogen) atoms. The number of hydrogen-bond donors (Lipinski definition) is 1. The predicted octanol–water partition coefficient (Wildman–Crippen LogP) is 3.67. The molecule has 0 radical (unpaired) electrons. The lowest BCUT2D eigenvalue weighted by Gasteiger charge is -2.31. The lowest BCUT2D eigenvalue weighted by molar-refractivity contribution is -0.121. The minimum absolute atomic E-state index is 0.0204. The number of nitrogens with one attached hydrogen (secondary N) is 1. The molecule has 0 aliphatic carbocycles. The van der Waals surface area contributed by atoms with Crippen LogP contribution in [0.4, 0.5) is 5.69 Å². The first-order valence-corrected chi connectivity index (χ1v) is 10.7. The molecule has 2 aromatic heterocycles. The molecule has 1 aliphatic heterocycles. The highest BCUT2D eigenvalue weighted by Gasteiger charge is 2.27. The third-order valence-corrected chi connectivity index (χ3v) is 5.98. The molecule has 1 aromatic carbocycles. The number of carbonyl (C=O) groups is 1. The lowest BCUT2D eigenvalue weighted by Crippen LogP contribution is -2.40. The first-order chi connectivity index (χ1) is 14.7. The summed E-state index contributed by atoms with van der Waals surface area (Å²) >= 11 is 1.58. The molecule has 1 saturated heterocycles. The van der Waals surface area contributed by atoms with E-state index in [1.54, 1.807) is 43.8 Å². The summed E-state index contributed by atoms with van der Waals surface area (Å²) in [6, 6.07) is 9.27. The molecule has 9 heteroatoms. The zero-order valence-corrected chi connectivity index (χ0v) is 17.8. The van der Waals surface area contributed by atoms with E-state index in [2.05, 4.69) is 20.4 Å². The van der Waals surface area contributed by atoms with Crippen molar-refractivity contribution in [1.82, 2.24) is 15.0 Å². The van der Waals surface area contributed by atoms with Crippen LogP contribution in [0.5, 0.6) is 11.5 Å². The molecule has 158 valence electrons. The molecule has 3 heterocycles. The Balaban J connectivity index is 1.37. The molecule has 1 atom stereocenters. The number of hydrogen-bond acceptors (Lipinski definition) is 8. The van der Waals surface area contributed by atoms with E-state index in [-0.39, 0.29) is 11.8 Å². The summed E-state index contributed by atoms with van der Waals surface area (Å²) < 4.78 is 16.0. The van der Waals surface area contributed by atoms with Gasteiger partial charge in [-0.1, -0.05) is 11.2 Å². The zero-order chi connectivity index (χ0) is 20.9. The summed E-state index contributed by atoms with van der Waals surface area (Å²) in [6.45, 7) is 2.07. The van der Waals surface area contributed by atoms with Crippen LogP contribution in [0, 0.1) is 5.92 Å². The van der Waals surface area contributed by atoms with E-state index in [4.69, 9.17) is 14.0 Å². The number of likely N-dealkylation sites (tertiary alicyclic amines) is 1. The van der Waals surface area contributed by atoms with Gasteiger partial charge in [-0.15, -0.1) is 11.3 Å². The maximum Gasteiger partial charge on any atom is 0.241 e. The summed E-state index contributed by atoms with van der Waals surface area (Å²) in [5.74, 6) is 2.28. The maximum atomic E-state index is 12.9. The van der Waals surface area contributed by atoms with Gasteiger partial charge in [0, 0.05) is 12.6 Å². The normalized spacial score (nSPS) is 16.9. The van der Waals surface area contributed by atoms with Crippen LogP contribution in [0.15, 0.2) is 40.2 Å². The third kappa shape index (κ3) is 4.63. The van der Waals surface area contributed by atoms with E-state index < -0.39 is 0 Å². The minimum Gasteiger partial charge on any atom is -0.497 e. The fourth-order valence-corrected chi connectivity index (χ4v) is 4.22. The predicted molar refractivity (Wildman–Crippen MR) is 114 cm³/mol. The topological polar surface area (TPSA) is 89.7 Å². The zero-order valence-electron chi connectivity index (χ0n) is 17.0. The number of ether oxygens (including phenoxy) is 2. The Kier molecular flexibility index (Phi) is 6.29. The van der Waals surface area contributed by atoms with Gasteiger partial charge in [-0.3, -0.25) is 9.69 Å². The van der Waals surface area contributed by atoms with Gasteiger partial charge in [-0.25, -0.2) is 0 Å². The molecule has 3 aromatic rings. The third-order valence-electron chi connectivity index (χ3n) is 5.11. The standard InChI is InChI=1S/C21H24N4O4S/c1-27-15-7-8-16(17(11-15)28-2)22-21(26)14-5-3-9-25(12-14)13-19-23-20(24-29-19)18-6-4-10-30-18/h4,6-8,10-11,14H,3,5,9,12-13H2,1-2H3,(H,22,26). The van der Waals surface area contributed by atoms with Gasteiger partial charge in [0.25, 0.3) is 0 Å². The lowest BCUT2D eigenvalue weighted by atomic mass is 9.97. The Bertz CT molecular complexity index is 989. The molecular weight excluding hydrogens is 404 g/mol. The van der Waals surface area contributed by atoms with Crippen LogP contribution in [-0.2, 0) is 11.3 Å². The molecule has 4 rings (SSSR count). The van der Waals surface area contributed by atoms with Crippen LogP contribution in [0.25, 0.3) is 10.7 Å². The number of piperidine rings is 1. The van der Waals surface area contributed by atoms with Crippen LogP contribution in [0.2, 0.25) is 0 Å². The van der Waals surface area contributed by atoms with Crippen LogP contribution in [0.3, 0.4) is 0 Å². The van der Waals surface area contributed by atoms with Gasteiger partial charge in [-0.05, 0) is 43.0 Å². The van der Waals surface area contributed by atoms with Gasteiger partial charge in [-0.2, -0.15) is 4.98 Å². The van der Waals surface area contributed by atoms with E-state index in [0.717, 1.165) is 24.3 Å². The first kappa shape index (κ1) is 20.4. The Morgan fingerprint density at radius 2 is 2.23 bits per heavy atom. The van der Waals surface area contributed by atoms with Crippen LogP contribution >= 0.6 is 11.3 Å². The van der Waals surface area contributed by atoms with E-state index in [0.29, 0.717) is 42.0 Å². The van der Waals surface area contributed by atoms with Crippen LogP contribution in [-0.4, -0.2) is 48.3 Å². The maximum absolute atomic E-state index is 12.9. The number of carbonyl (C=O) groups excluding carboxylic acids is 1. The van der Waals surface area contributed by atoms with Crippen molar-refractivity contribution in [3.63, 3.8) is 0 Å². The van der Waals surface area contributed by atoms with Crippen molar-refractivity contribution in [2.75, 3.05) is 32.6 Å². The second-order valence-corrected chi connectivity index (χ2v) is 8.07. The van der Waals surface area contributed by atoms with Crippen LogP contribution in [0.1, 0.15) is 18.7 Å². The van der Waals surface area contributed by atoms with E-state index in [1.807, 2.05) is 17.5 Å². The van der Waals surface area contributed by atoms with Gasteiger partial charge >= 0.3 is 0 Å². The van der Waals surface area contributed by atoms with Crippen molar-refractivity contribution < 1.29 is 18.8 Å². The molecule has 1 fully saturated rings. The molecule has 1 aliphatic rings. The van der Waals surface area contributed by atoms with E-state index in [9.17, 15) is 4.79 Å². The largest absolute Gasteiger partial charge is 0.497 e. The number of anilines is 1. The Hall–Kier alpha value is -2.91. The molecule has 1 amide bonds. The number of aromatic nitrogens is 2. The highest BCUT2D eigenvalue weighted by Crippen LogP contribution is 2.30. The van der Waals surface area contributed by atoms with Gasteiger partial charge in [0.05, 0.1) is 37.2 Å². The Morgan fingerprint density at radius 1 is 1.33 bits per heavy atom. The molecule has 1 unspecified atom stereocenters.